The number of nitrogen functional groups attached to an aromatic ring is 2. The predicted octanol–water partition coefficient (Wildman–Crippen LogP) is 2.06. The summed E-state index contributed by atoms with van der Waals surface area (Å²) in [5, 5.41) is 0. The molecule has 1 aromatic carbocycles. The van der Waals surface area contributed by atoms with Gasteiger partial charge in [-0.15, -0.1) is 0 Å². The Labute approximate surface area is 151 Å². The number of benzene rings is 1. The molecule has 1 fully saturated rings. The van der Waals surface area contributed by atoms with Crippen LogP contribution in [0.15, 0.2) is 18.2 Å². The van der Waals surface area contributed by atoms with Gasteiger partial charge in [0.25, 0.3) is 0 Å². The minimum absolute atomic E-state index is 0.105. The van der Waals surface area contributed by atoms with Gasteiger partial charge < -0.3 is 21.4 Å². The van der Waals surface area contributed by atoms with Gasteiger partial charge in [0.1, 0.15) is 5.82 Å². The van der Waals surface area contributed by atoms with Crippen molar-refractivity contribution in [1.29, 1.82) is 0 Å². The lowest BCUT2D eigenvalue weighted by Gasteiger charge is -2.42. The van der Waals surface area contributed by atoms with Crippen LogP contribution in [0.25, 0.3) is 22.6 Å². The van der Waals surface area contributed by atoms with Crippen molar-refractivity contribution in [1.82, 2.24) is 19.9 Å². The molecule has 1 aliphatic heterocycles. The summed E-state index contributed by atoms with van der Waals surface area (Å²) in [7, 11) is -2.40. The van der Waals surface area contributed by atoms with Crippen molar-refractivity contribution in [2.75, 3.05) is 41.0 Å². The summed E-state index contributed by atoms with van der Waals surface area (Å²) in [6, 6.07) is 6.07. The Kier molecular flexibility index (Phi) is 3.90. The average molecular weight is 375 g/mol. The molecule has 0 amide bonds. The van der Waals surface area contributed by atoms with E-state index in [0.717, 1.165) is 16.8 Å². The van der Waals surface area contributed by atoms with Crippen LogP contribution in [0, 0.1) is 6.92 Å². The van der Waals surface area contributed by atoms with E-state index in [9.17, 15) is 9.11 Å². The maximum atomic E-state index is 9.77. The average Bonchev–Trinajstić information content (AvgIpc) is 2.98. The number of aryl methyl sites for hydroxylation is 1. The van der Waals surface area contributed by atoms with Crippen molar-refractivity contribution in [2.24, 2.45) is 0 Å². The van der Waals surface area contributed by atoms with Crippen LogP contribution in [0.3, 0.4) is 0 Å². The Morgan fingerprint density at radius 3 is 2.54 bits per heavy atom. The molecular formula is C16H21N7O2S. The second kappa shape index (κ2) is 6.01. The van der Waals surface area contributed by atoms with E-state index in [2.05, 4.69) is 30.9 Å². The van der Waals surface area contributed by atoms with Crippen molar-refractivity contribution in [3.8, 4) is 11.4 Å². The maximum Gasteiger partial charge on any atom is 0.224 e. The van der Waals surface area contributed by atoms with Crippen LogP contribution in [0.1, 0.15) is 5.56 Å². The molecule has 0 bridgehead atoms. The van der Waals surface area contributed by atoms with Crippen LogP contribution in [-0.4, -0.2) is 53.6 Å². The normalized spacial score (nSPS) is 18.2. The van der Waals surface area contributed by atoms with E-state index in [1.807, 2.05) is 19.1 Å². The summed E-state index contributed by atoms with van der Waals surface area (Å²) < 4.78 is 19.5. The summed E-state index contributed by atoms with van der Waals surface area (Å²) in [6.45, 7) is 3.28. The van der Waals surface area contributed by atoms with Gasteiger partial charge >= 0.3 is 0 Å². The van der Waals surface area contributed by atoms with E-state index in [1.165, 1.54) is 0 Å². The van der Waals surface area contributed by atoms with Crippen LogP contribution in [0.5, 0.6) is 0 Å². The molecule has 3 aromatic rings. The van der Waals surface area contributed by atoms with Gasteiger partial charge in [-0.25, -0.2) is 4.98 Å². The summed E-state index contributed by atoms with van der Waals surface area (Å²) in [6.07, 6.45) is 0. The number of rotatable bonds is 2. The molecule has 26 heavy (non-hydrogen) atoms. The first-order valence-electron chi connectivity index (χ1n) is 8.21. The number of imidazole rings is 1. The van der Waals surface area contributed by atoms with E-state index >= 15 is 0 Å². The number of hydrogen-bond donors (Lipinski definition) is 5. The minimum Gasteiger partial charge on any atom is -0.382 e. The van der Waals surface area contributed by atoms with Crippen LogP contribution in [-0.2, 0) is 0 Å². The molecule has 1 aliphatic rings. The highest BCUT2D eigenvalue weighted by molar-refractivity contribution is 8.24. The molecule has 138 valence electrons. The maximum absolute atomic E-state index is 9.77. The topological polar surface area (TPSA) is 150 Å². The van der Waals surface area contributed by atoms with Gasteiger partial charge in [-0.3, -0.25) is 9.11 Å². The molecule has 7 N–H and O–H groups in total. The largest absolute Gasteiger partial charge is 0.382 e. The van der Waals surface area contributed by atoms with Crippen molar-refractivity contribution in [3.05, 3.63) is 23.8 Å². The fourth-order valence-electron chi connectivity index (χ4n) is 3.16. The van der Waals surface area contributed by atoms with E-state index in [-0.39, 0.29) is 11.8 Å². The van der Waals surface area contributed by atoms with Crippen molar-refractivity contribution >= 4 is 39.2 Å². The molecular weight excluding hydrogens is 354 g/mol. The molecule has 0 radical (unpaired) electrons. The summed E-state index contributed by atoms with van der Waals surface area (Å²) in [5.41, 5.74) is 15.5. The van der Waals surface area contributed by atoms with Gasteiger partial charge in [-0.2, -0.15) is 20.6 Å². The number of nitrogens with zero attached hydrogens (tertiary/aromatic N) is 4. The fraction of sp³-hybridized carbons (Fsp3) is 0.312. The van der Waals surface area contributed by atoms with E-state index in [4.69, 9.17) is 11.5 Å². The molecule has 1 saturated heterocycles. The zero-order valence-corrected chi connectivity index (χ0v) is 15.1. The quantitative estimate of drug-likeness (QED) is 0.457. The van der Waals surface area contributed by atoms with Crippen LogP contribution >= 0.6 is 10.6 Å². The molecule has 0 spiro atoms. The fourth-order valence-corrected chi connectivity index (χ4v) is 4.39. The summed E-state index contributed by atoms with van der Waals surface area (Å²) in [4.78, 5) is 17.9. The number of nitrogens with two attached hydrogens (primary N) is 2. The number of aromatic nitrogens is 4. The van der Waals surface area contributed by atoms with Crippen LogP contribution in [0.4, 0.5) is 17.5 Å². The molecule has 4 rings (SSSR count). The van der Waals surface area contributed by atoms with E-state index in [1.54, 1.807) is 0 Å². The van der Waals surface area contributed by atoms with Gasteiger partial charge in [0, 0.05) is 24.3 Å². The van der Waals surface area contributed by atoms with Gasteiger partial charge in [0.2, 0.25) is 5.95 Å². The number of hydrogen-bond acceptors (Lipinski definition) is 8. The molecule has 0 atom stereocenters. The van der Waals surface area contributed by atoms with Gasteiger partial charge in [0.15, 0.2) is 17.0 Å². The Hall–Kier alpha value is -2.56. The third-order valence-corrected chi connectivity index (χ3v) is 6.27. The standard InChI is InChI=1S/C16H21N7O2S/c1-9-8-10(23-4-6-26(24,25)7-5-23)2-3-11(9)14-19-12-13(17)20-16(18)22-15(12)21-14/h2-3,8,24-25H,4-7H2,1H3,(H5,17,18,19,20,21,22). The highest BCUT2D eigenvalue weighted by Crippen LogP contribution is 2.41. The first-order valence-corrected chi connectivity index (χ1v) is 10.1. The molecule has 2 aromatic heterocycles. The zero-order valence-electron chi connectivity index (χ0n) is 14.3. The first-order chi connectivity index (χ1) is 12.3. The lowest BCUT2D eigenvalue weighted by Crippen LogP contribution is -2.38. The Morgan fingerprint density at radius 1 is 1.12 bits per heavy atom. The highest BCUT2D eigenvalue weighted by atomic mass is 32.3. The van der Waals surface area contributed by atoms with Gasteiger partial charge in [0.05, 0.1) is 11.5 Å². The summed E-state index contributed by atoms with van der Waals surface area (Å²) >= 11 is 0. The Morgan fingerprint density at radius 2 is 1.85 bits per heavy atom. The van der Waals surface area contributed by atoms with Crippen molar-refractivity contribution in [2.45, 2.75) is 6.92 Å². The smallest absolute Gasteiger partial charge is 0.224 e. The second-order valence-corrected chi connectivity index (χ2v) is 8.87. The van der Waals surface area contributed by atoms with E-state index in [0.29, 0.717) is 41.6 Å². The molecule has 9 nitrogen and oxygen atoms in total. The molecule has 0 aliphatic carbocycles. The van der Waals surface area contributed by atoms with Gasteiger partial charge in [-0.05, 0) is 30.7 Å². The number of fused-ring (bicyclic) bond motifs is 1. The number of nitrogens with one attached hydrogen (secondary N) is 1. The molecule has 0 unspecified atom stereocenters. The predicted molar refractivity (Wildman–Crippen MR) is 105 cm³/mol. The minimum atomic E-state index is -2.40. The lowest BCUT2D eigenvalue weighted by atomic mass is 10.1. The summed E-state index contributed by atoms with van der Waals surface area (Å²) in [5.74, 6) is 1.83. The van der Waals surface area contributed by atoms with Gasteiger partial charge in [-0.1, -0.05) is 0 Å². The molecule has 10 heteroatoms. The van der Waals surface area contributed by atoms with Crippen molar-refractivity contribution in [3.63, 3.8) is 0 Å². The van der Waals surface area contributed by atoms with Crippen LogP contribution < -0.4 is 16.4 Å². The van der Waals surface area contributed by atoms with Crippen LogP contribution in [0.2, 0.25) is 0 Å². The second-order valence-electron chi connectivity index (χ2n) is 6.45. The first kappa shape index (κ1) is 16.9. The molecule has 0 saturated carbocycles. The SMILES string of the molecule is Cc1cc(N2CCS(O)(O)CC2)ccc1-c1nc2c(N)nc(N)nc2[nH]1. The Bertz CT molecular complexity index is 978. The number of anilines is 3. The Balaban J connectivity index is 1.65. The third-order valence-electron chi connectivity index (χ3n) is 4.60. The number of H-pyrrole nitrogens is 1. The third kappa shape index (κ3) is 3.02. The molecule has 3 heterocycles. The highest BCUT2D eigenvalue weighted by Gasteiger charge is 2.23. The monoisotopic (exact) mass is 375 g/mol. The van der Waals surface area contributed by atoms with E-state index < -0.39 is 10.6 Å². The number of aromatic amines is 1. The van der Waals surface area contributed by atoms with Crippen molar-refractivity contribution < 1.29 is 9.11 Å². The lowest BCUT2D eigenvalue weighted by molar-refractivity contribution is 0.479. The zero-order chi connectivity index (χ0) is 18.5.